The molecule has 0 unspecified atom stereocenters. The Morgan fingerprint density at radius 1 is 1.07 bits per heavy atom. The number of H-pyrrole nitrogens is 1. The molecule has 1 heterocycles. The van der Waals surface area contributed by atoms with Crippen molar-refractivity contribution in [2.75, 3.05) is 0 Å². The highest BCUT2D eigenvalue weighted by Crippen LogP contribution is 2.40. The second-order valence-corrected chi connectivity index (χ2v) is 9.38. The zero-order valence-electron chi connectivity index (χ0n) is 17.7. The van der Waals surface area contributed by atoms with Crippen LogP contribution in [0.4, 0.5) is 4.39 Å². The molecule has 3 aromatic rings. The first kappa shape index (κ1) is 20.6. The second-order valence-electron chi connectivity index (χ2n) is 9.38. The number of aromatic nitrogens is 2. The molecule has 5 heteroatoms. The Kier molecular flexibility index (Phi) is 5.00. The monoisotopic (exact) mass is 391 g/mol. The van der Waals surface area contributed by atoms with Crippen molar-refractivity contribution in [3.63, 3.8) is 0 Å². The molecule has 29 heavy (non-hydrogen) atoms. The highest BCUT2D eigenvalue weighted by Gasteiger charge is 2.26. The molecule has 150 valence electrons. The van der Waals surface area contributed by atoms with Gasteiger partial charge in [0.2, 0.25) is 0 Å². The van der Waals surface area contributed by atoms with Crippen LogP contribution in [0.15, 0.2) is 30.3 Å². The molecule has 0 saturated carbocycles. The van der Waals surface area contributed by atoms with Gasteiger partial charge >= 0.3 is 0 Å². The summed E-state index contributed by atoms with van der Waals surface area (Å²) in [4.78, 5) is 7.44. The van der Waals surface area contributed by atoms with Crippen LogP contribution in [0.3, 0.4) is 0 Å². The molecule has 2 aromatic carbocycles. The summed E-state index contributed by atoms with van der Waals surface area (Å²) >= 11 is 0. The smallest absolute Gasteiger partial charge is 0.149 e. The van der Waals surface area contributed by atoms with Gasteiger partial charge < -0.3 is 10.1 Å². The van der Waals surface area contributed by atoms with Crippen LogP contribution < -0.4 is 0 Å². The summed E-state index contributed by atoms with van der Waals surface area (Å²) < 4.78 is 13.5. The van der Waals surface area contributed by atoms with Crippen molar-refractivity contribution in [1.82, 2.24) is 9.97 Å². The average Bonchev–Trinajstić information content (AvgIpc) is 3.01. The van der Waals surface area contributed by atoms with Gasteiger partial charge in [0.25, 0.3) is 0 Å². The van der Waals surface area contributed by atoms with E-state index in [0.29, 0.717) is 28.2 Å². The Balaban J connectivity index is 2.19. The molecular formula is C24H26FN3O. The second kappa shape index (κ2) is 7.04. The van der Waals surface area contributed by atoms with Crippen LogP contribution in [0.2, 0.25) is 0 Å². The lowest BCUT2D eigenvalue weighted by Crippen LogP contribution is -2.17. The van der Waals surface area contributed by atoms with Crippen LogP contribution in [0.5, 0.6) is 5.75 Å². The van der Waals surface area contributed by atoms with E-state index in [4.69, 9.17) is 0 Å². The van der Waals surface area contributed by atoms with E-state index in [1.807, 2.05) is 53.7 Å². The first-order valence-electron chi connectivity index (χ1n) is 9.55. The van der Waals surface area contributed by atoms with E-state index in [1.165, 1.54) is 12.1 Å². The number of hydrogen-bond acceptors (Lipinski definition) is 3. The van der Waals surface area contributed by atoms with Crippen LogP contribution in [0.25, 0.3) is 22.7 Å². The van der Waals surface area contributed by atoms with Gasteiger partial charge in [0.15, 0.2) is 0 Å². The van der Waals surface area contributed by atoms with Gasteiger partial charge in [0, 0.05) is 11.1 Å². The molecule has 0 fully saturated rings. The Labute approximate surface area is 170 Å². The van der Waals surface area contributed by atoms with Crippen LogP contribution in [0, 0.1) is 17.1 Å². The number of allylic oxidation sites excluding steroid dienone is 1. The number of hydrogen-bond donors (Lipinski definition) is 2. The predicted molar refractivity (Wildman–Crippen MR) is 115 cm³/mol. The first-order valence-corrected chi connectivity index (χ1v) is 9.55. The Morgan fingerprint density at radius 3 is 2.17 bits per heavy atom. The van der Waals surface area contributed by atoms with E-state index in [9.17, 15) is 14.8 Å². The molecule has 0 aliphatic heterocycles. The maximum Gasteiger partial charge on any atom is 0.149 e. The van der Waals surface area contributed by atoms with Gasteiger partial charge in [-0.1, -0.05) is 41.5 Å². The minimum atomic E-state index is -0.363. The molecule has 0 bridgehead atoms. The molecular weight excluding hydrogens is 365 g/mol. The fourth-order valence-corrected chi connectivity index (χ4v) is 3.31. The SMILES string of the molecule is CC(C)(C)c1cc(/C=C(/C#N)c2nc3ccc(F)cc3[nH]2)cc(C(C)(C)C)c1O. The largest absolute Gasteiger partial charge is 0.507 e. The van der Waals surface area contributed by atoms with Crippen molar-refractivity contribution in [3.8, 4) is 11.8 Å². The Morgan fingerprint density at radius 2 is 1.66 bits per heavy atom. The van der Waals surface area contributed by atoms with Crippen LogP contribution >= 0.6 is 0 Å². The number of aromatic hydroxyl groups is 1. The molecule has 0 aliphatic rings. The summed E-state index contributed by atoms with van der Waals surface area (Å²) in [6, 6.07) is 10.3. The first-order chi connectivity index (χ1) is 13.4. The van der Waals surface area contributed by atoms with Gasteiger partial charge in [-0.3, -0.25) is 0 Å². The zero-order chi connectivity index (χ0) is 21.6. The van der Waals surface area contributed by atoms with E-state index in [-0.39, 0.29) is 16.6 Å². The third kappa shape index (κ3) is 4.17. The van der Waals surface area contributed by atoms with Crippen molar-refractivity contribution in [3.05, 3.63) is 58.7 Å². The van der Waals surface area contributed by atoms with Gasteiger partial charge in [-0.15, -0.1) is 0 Å². The van der Waals surface area contributed by atoms with E-state index in [1.54, 1.807) is 12.1 Å². The number of fused-ring (bicyclic) bond motifs is 1. The summed E-state index contributed by atoms with van der Waals surface area (Å²) in [6.07, 6.45) is 1.75. The van der Waals surface area contributed by atoms with Gasteiger partial charge in [-0.25, -0.2) is 9.37 Å². The van der Waals surface area contributed by atoms with E-state index in [2.05, 4.69) is 16.0 Å². The van der Waals surface area contributed by atoms with Crippen LogP contribution in [-0.4, -0.2) is 15.1 Å². The van der Waals surface area contributed by atoms with Crippen molar-refractivity contribution >= 4 is 22.7 Å². The van der Waals surface area contributed by atoms with Crippen LogP contribution in [-0.2, 0) is 10.8 Å². The molecule has 0 spiro atoms. The highest BCUT2D eigenvalue weighted by atomic mass is 19.1. The summed E-state index contributed by atoms with van der Waals surface area (Å²) in [5.74, 6) is 0.314. The third-order valence-electron chi connectivity index (χ3n) is 4.88. The molecule has 0 saturated heterocycles. The molecule has 0 radical (unpaired) electrons. The number of nitriles is 1. The van der Waals surface area contributed by atoms with Crippen molar-refractivity contribution < 1.29 is 9.50 Å². The fourth-order valence-electron chi connectivity index (χ4n) is 3.31. The molecule has 0 aliphatic carbocycles. The summed E-state index contributed by atoms with van der Waals surface area (Å²) in [5, 5.41) is 20.6. The number of phenolic OH excluding ortho intramolecular Hbond substituents is 1. The summed E-state index contributed by atoms with van der Waals surface area (Å²) in [6.45, 7) is 12.3. The van der Waals surface area contributed by atoms with E-state index >= 15 is 0 Å². The lowest BCUT2D eigenvalue weighted by atomic mass is 9.78. The topological polar surface area (TPSA) is 72.7 Å². The minimum absolute atomic E-state index is 0.266. The van der Waals surface area contributed by atoms with Gasteiger partial charge in [-0.05, 0) is 52.8 Å². The van der Waals surface area contributed by atoms with Crippen molar-refractivity contribution in [2.24, 2.45) is 0 Å². The molecule has 4 nitrogen and oxygen atoms in total. The molecule has 1 aromatic heterocycles. The van der Waals surface area contributed by atoms with Gasteiger partial charge in [0.05, 0.1) is 16.6 Å². The molecule has 2 N–H and O–H groups in total. The predicted octanol–water partition coefficient (Wildman–Crippen LogP) is 6.07. The normalized spacial score (nSPS) is 13.0. The number of aromatic amines is 1. The van der Waals surface area contributed by atoms with Gasteiger partial charge in [-0.2, -0.15) is 5.26 Å². The summed E-state index contributed by atoms with van der Waals surface area (Å²) in [7, 11) is 0. The fraction of sp³-hybridized carbons (Fsp3) is 0.333. The maximum atomic E-state index is 13.5. The van der Waals surface area contributed by atoms with Crippen LogP contribution in [0.1, 0.15) is 64.1 Å². The van der Waals surface area contributed by atoms with E-state index in [0.717, 1.165) is 16.7 Å². The lowest BCUT2D eigenvalue weighted by molar-refractivity contribution is 0.423. The minimum Gasteiger partial charge on any atom is -0.507 e. The van der Waals surface area contributed by atoms with Gasteiger partial charge in [0.1, 0.15) is 23.5 Å². The zero-order valence-corrected chi connectivity index (χ0v) is 17.7. The average molecular weight is 391 g/mol. The number of phenols is 1. The standard InChI is InChI=1S/C24H26FN3O/c1-23(2,3)17-10-14(11-18(21(17)29)24(4,5)6)9-15(13-26)22-27-19-8-7-16(25)12-20(19)28-22/h7-12,29H,1-6H3,(H,27,28)/b15-9-. The van der Waals surface area contributed by atoms with E-state index < -0.39 is 0 Å². The number of rotatable bonds is 2. The number of halogens is 1. The number of benzene rings is 2. The van der Waals surface area contributed by atoms with Crippen molar-refractivity contribution in [1.29, 1.82) is 5.26 Å². The third-order valence-corrected chi connectivity index (χ3v) is 4.88. The molecule has 0 amide bonds. The lowest BCUT2D eigenvalue weighted by Gasteiger charge is -2.28. The number of nitrogens with one attached hydrogen (secondary N) is 1. The number of nitrogens with zero attached hydrogens (tertiary/aromatic N) is 2. The molecule has 3 rings (SSSR count). The molecule has 0 atom stereocenters. The Bertz CT molecular complexity index is 1120. The number of imidazole rings is 1. The Hall–Kier alpha value is -3.13. The quantitative estimate of drug-likeness (QED) is 0.521. The highest BCUT2D eigenvalue weighted by molar-refractivity contribution is 5.90. The summed E-state index contributed by atoms with van der Waals surface area (Å²) in [5.41, 5.74) is 3.39. The van der Waals surface area contributed by atoms with Crippen molar-refractivity contribution in [2.45, 2.75) is 52.4 Å². The maximum absolute atomic E-state index is 13.5.